The molecule has 0 amide bonds. The van der Waals surface area contributed by atoms with Crippen molar-refractivity contribution in [2.24, 2.45) is 0 Å². The highest BCUT2D eigenvalue weighted by Gasteiger charge is 2.25. The second-order valence-electron chi connectivity index (χ2n) is 8.52. The van der Waals surface area contributed by atoms with E-state index in [0.717, 1.165) is 56.4 Å². The van der Waals surface area contributed by atoms with E-state index in [-0.39, 0.29) is 6.10 Å². The number of piperazine rings is 1. The van der Waals surface area contributed by atoms with Gasteiger partial charge in [-0.15, -0.1) is 0 Å². The summed E-state index contributed by atoms with van der Waals surface area (Å²) in [4.78, 5) is 4.97. The molecule has 2 heterocycles. The summed E-state index contributed by atoms with van der Waals surface area (Å²) < 4.78 is 17.0. The molecule has 0 bridgehead atoms. The molecule has 0 aliphatic carbocycles. The molecule has 0 N–H and O–H groups in total. The smallest absolute Gasteiger partial charge is 0.139 e. The maximum Gasteiger partial charge on any atom is 0.139 e. The lowest BCUT2D eigenvalue weighted by Crippen LogP contribution is -2.47. The van der Waals surface area contributed by atoms with Crippen LogP contribution in [-0.2, 0) is 4.74 Å². The molecule has 31 heavy (non-hydrogen) atoms. The van der Waals surface area contributed by atoms with Gasteiger partial charge in [0.1, 0.15) is 17.6 Å². The standard InChI is InChI=1S/C25H33ClN2O3/c1-17-18(2)24(31-21-9-14-30-16-21)8-6-22(17)19(3)27-10-12-28(13-11-27)20-5-7-23(26)25(15-20)29-4/h5-8,15,19,21H,9-14,16H2,1-4H3/t19?,21-/m1/s1. The Bertz CT molecular complexity index is 906. The summed E-state index contributed by atoms with van der Waals surface area (Å²) in [6.07, 6.45) is 1.15. The molecule has 4 rings (SSSR count). The van der Waals surface area contributed by atoms with E-state index in [1.54, 1.807) is 7.11 Å². The Kier molecular flexibility index (Phi) is 6.95. The van der Waals surface area contributed by atoms with Gasteiger partial charge >= 0.3 is 0 Å². The Balaban J connectivity index is 1.41. The van der Waals surface area contributed by atoms with Crippen molar-refractivity contribution in [1.29, 1.82) is 0 Å². The highest BCUT2D eigenvalue weighted by atomic mass is 35.5. The fourth-order valence-corrected chi connectivity index (χ4v) is 4.79. The zero-order valence-corrected chi connectivity index (χ0v) is 19.7. The van der Waals surface area contributed by atoms with E-state index in [1.807, 2.05) is 12.1 Å². The summed E-state index contributed by atoms with van der Waals surface area (Å²) in [5.41, 5.74) is 5.11. The van der Waals surface area contributed by atoms with Crippen molar-refractivity contribution in [3.63, 3.8) is 0 Å². The normalized spacial score (nSPS) is 20.7. The van der Waals surface area contributed by atoms with Crippen molar-refractivity contribution < 1.29 is 14.2 Å². The number of halogens is 1. The summed E-state index contributed by atoms with van der Waals surface area (Å²) in [5, 5.41) is 0.650. The van der Waals surface area contributed by atoms with E-state index < -0.39 is 0 Å². The Morgan fingerprint density at radius 2 is 1.81 bits per heavy atom. The van der Waals surface area contributed by atoms with Gasteiger partial charge in [0.05, 0.1) is 25.3 Å². The van der Waals surface area contributed by atoms with Gasteiger partial charge in [-0.3, -0.25) is 4.90 Å². The molecular formula is C25H33ClN2O3. The maximum atomic E-state index is 6.19. The molecule has 0 spiro atoms. The molecular weight excluding hydrogens is 412 g/mol. The van der Waals surface area contributed by atoms with E-state index in [9.17, 15) is 0 Å². The molecule has 2 aromatic carbocycles. The van der Waals surface area contributed by atoms with Crippen LogP contribution in [0.5, 0.6) is 11.5 Å². The lowest BCUT2D eigenvalue weighted by Gasteiger charge is -2.40. The van der Waals surface area contributed by atoms with Gasteiger partial charge in [-0.25, -0.2) is 0 Å². The fourth-order valence-electron chi connectivity index (χ4n) is 4.59. The second kappa shape index (κ2) is 9.68. The van der Waals surface area contributed by atoms with Crippen LogP contribution in [0, 0.1) is 13.8 Å². The predicted molar refractivity (Wildman–Crippen MR) is 126 cm³/mol. The van der Waals surface area contributed by atoms with Crippen molar-refractivity contribution in [3.8, 4) is 11.5 Å². The minimum atomic E-state index is 0.181. The number of hydrogen-bond donors (Lipinski definition) is 0. The molecule has 0 saturated carbocycles. The third kappa shape index (κ3) is 4.79. The molecule has 2 aliphatic heterocycles. The summed E-state index contributed by atoms with van der Waals surface area (Å²) in [7, 11) is 1.66. The minimum Gasteiger partial charge on any atom is -0.495 e. The molecule has 2 saturated heterocycles. The molecule has 5 nitrogen and oxygen atoms in total. The molecule has 0 radical (unpaired) electrons. The van der Waals surface area contributed by atoms with Gasteiger partial charge in [0.15, 0.2) is 0 Å². The van der Waals surface area contributed by atoms with Crippen LogP contribution in [0.2, 0.25) is 5.02 Å². The SMILES string of the molecule is COc1cc(N2CCN(C(C)c3ccc(O[C@@H]4CCOC4)c(C)c3C)CC2)ccc1Cl. The molecule has 0 aromatic heterocycles. The first kappa shape index (κ1) is 22.3. The Morgan fingerprint density at radius 1 is 1.03 bits per heavy atom. The molecule has 168 valence electrons. The molecule has 1 unspecified atom stereocenters. The zero-order chi connectivity index (χ0) is 22.0. The quantitative estimate of drug-likeness (QED) is 0.625. The lowest BCUT2D eigenvalue weighted by atomic mass is 9.96. The number of ether oxygens (including phenoxy) is 3. The van der Waals surface area contributed by atoms with Crippen LogP contribution < -0.4 is 14.4 Å². The van der Waals surface area contributed by atoms with Crippen LogP contribution in [0.4, 0.5) is 5.69 Å². The highest BCUT2D eigenvalue weighted by molar-refractivity contribution is 6.32. The maximum absolute atomic E-state index is 6.19. The predicted octanol–water partition coefficient (Wildman–Crippen LogP) is 5.02. The molecule has 2 atom stereocenters. The van der Waals surface area contributed by atoms with Crippen LogP contribution in [-0.4, -0.2) is 57.5 Å². The van der Waals surface area contributed by atoms with Crippen LogP contribution in [0.25, 0.3) is 0 Å². The molecule has 2 aliphatic rings. The van der Waals surface area contributed by atoms with Crippen LogP contribution >= 0.6 is 11.6 Å². The monoisotopic (exact) mass is 444 g/mol. The summed E-state index contributed by atoms with van der Waals surface area (Å²) >= 11 is 6.19. The molecule has 2 fully saturated rings. The fraction of sp³-hybridized carbons (Fsp3) is 0.520. The molecule has 2 aromatic rings. The van der Waals surface area contributed by atoms with E-state index >= 15 is 0 Å². The number of benzene rings is 2. The van der Waals surface area contributed by atoms with Gasteiger partial charge < -0.3 is 19.1 Å². The lowest BCUT2D eigenvalue weighted by molar-refractivity contribution is 0.140. The van der Waals surface area contributed by atoms with Crippen molar-refractivity contribution in [3.05, 3.63) is 52.0 Å². The van der Waals surface area contributed by atoms with Gasteiger partial charge in [-0.05, 0) is 55.7 Å². The first-order valence-electron chi connectivity index (χ1n) is 11.1. The number of hydrogen-bond acceptors (Lipinski definition) is 5. The van der Waals surface area contributed by atoms with E-state index in [2.05, 4.69) is 48.8 Å². The van der Waals surface area contributed by atoms with Crippen LogP contribution in [0.1, 0.15) is 36.1 Å². The summed E-state index contributed by atoms with van der Waals surface area (Å²) in [6, 6.07) is 10.8. The average Bonchev–Trinajstić information content (AvgIpc) is 3.30. The third-order valence-corrected chi connectivity index (χ3v) is 7.09. The molecule has 6 heteroatoms. The van der Waals surface area contributed by atoms with Gasteiger partial charge in [0, 0.05) is 50.4 Å². The first-order valence-corrected chi connectivity index (χ1v) is 11.5. The number of methoxy groups -OCH3 is 1. The van der Waals surface area contributed by atoms with E-state index in [4.69, 9.17) is 25.8 Å². The van der Waals surface area contributed by atoms with Gasteiger partial charge in [-0.2, -0.15) is 0 Å². The number of rotatable bonds is 6. The summed E-state index contributed by atoms with van der Waals surface area (Å²) in [5.74, 6) is 1.72. The third-order valence-electron chi connectivity index (χ3n) is 6.77. The van der Waals surface area contributed by atoms with Gasteiger partial charge in [-0.1, -0.05) is 17.7 Å². The van der Waals surface area contributed by atoms with Crippen LogP contribution in [0.3, 0.4) is 0 Å². The largest absolute Gasteiger partial charge is 0.495 e. The zero-order valence-electron chi connectivity index (χ0n) is 19.0. The number of nitrogens with zero attached hydrogens (tertiary/aromatic N) is 2. The highest BCUT2D eigenvalue weighted by Crippen LogP contribution is 2.34. The van der Waals surface area contributed by atoms with E-state index in [1.165, 1.54) is 16.7 Å². The average molecular weight is 445 g/mol. The van der Waals surface area contributed by atoms with Crippen molar-refractivity contribution >= 4 is 17.3 Å². The second-order valence-corrected chi connectivity index (χ2v) is 8.93. The minimum absolute atomic E-state index is 0.181. The van der Waals surface area contributed by atoms with Crippen molar-refractivity contribution in [1.82, 2.24) is 4.90 Å². The first-order chi connectivity index (χ1) is 15.0. The van der Waals surface area contributed by atoms with E-state index in [0.29, 0.717) is 17.7 Å². The number of anilines is 1. The van der Waals surface area contributed by atoms with Crippen molar-refractivity contribution in [2.45, 2.75) is 39.3 Å². The topological polar surface area (TPSA) is 34.2 Å². The Labute approximate surface area is 190 Å². The summed E-state index contributed by atoms with van der Waals surface area (Å²) in [6.45, 7) is 12.2. The van der Waals surface area contributed by atoms with Crippen LogP contribution in [0.15, 0.2) is 30.3 Å². The van der Waals surface area contributed by atoms with Crippen molar-refractivity contribution in [2.75, 3.05) is 51.4 Å². The Hall–Kier alpha value is -1.95. The van der Waals surface area contributed by atoms with Gasteiger partial charge in [0.2, 0.25) is 0 Å². The van der Waals surface area contributed by atoms with Gasteiger partial charge in [0.25, 0.3) is 0 Å². The Morgan fingerprint density at radius 3 is 2.48 bits per heavy atom.